The quantitative estimate of drug-likeness (QED) is 0.351. The number of hydrogen-bond acceptors (Lipinski definition) is 4. The summed E-state index contributed by atoms with van der Waals surface area (Å²) in [5.41, 5.74) is -2.33. The van der Waals surface area contributed by atoms with E-state index in [1.165, 1.54) is 12.1 Å². The summed E-state index contributed by atoms with van der Waals surface area (Å²) in [7, 11) is 0.404. The Morgan fingerprint density at radius 2 is 1.00 bits per heavy atom. The van der Waals surface area contributed by atoms with E-state index in [1.54, 1.807) is 27.7 Å². The largest absolute Gasteiger partial charge is 0.658 e. The van der Waals surface area contributed by atoms with E-state index in [0.29, 0.717) is 7.69 Å². The molecule has 0 N–H and O–H groups in total. The van der Waals surface area contributed by atoms with Gasteiger partial charge in [-0.3, -0.25) is 0 Å². The fourth-order valence-electron chi connectivity index (χ4n) is 2.49. The third-order valence-corrected chi connectivity index (χ3v) is 3.61. The van der Waals surface area contributed by atoms with Crippen LogP contribution in [0.1, 0.15) is 38.8 Å². The SMILES string of the molecule is CC(C)Oc1ccc(O[B]Oc2ccc(OC(C)C)cc2C(F)(F)F)c(C(F)(F)F)c1. The molecule has 0 aromatic heterocycles. The van der Waals surface area contributed by atoms with Crippen molar-refractivity contribution in [2.75, 3.05) is 0 Å². The Morgan fingerprint density at radius 3 is 1.29 bits per heavy atom. The van der Waals surface area contributed by atoms with Gasteiger partial charge >= 0.3 is 20.0 Å². The number of ether oxygens (including phenoxy) is 2. The zero-order valence-electron chi connectivity index (χ0n) is 17.1. The third kappa shape index (κ3) is 7.18. The van der Waals surface area contributed by atoms with Gasteiger partial charge in [0.15, 0.2) is 0 Å². The van der Waals surface area contributed by atoms with E-state index in [2.05, 4.69) is 0 Å². The van der Waals surface area contributed by atoms with Crippen molar-refractivity contribution in [2.45, 2.75) is 52.3 Å². The first kappa shape index (κ1) is 24.6. The van der Waals surface area contributed by atoms with Gasteiger partial charge < -0.3 is 18.8 Å². The van der Waals surface area contributed by atoms with Crippen LogP contribution in [0.3, 0.4) is 0 Å². The van der Waals surface area contributed by atoms with Gasteiger partial charge in [-0.2, -0.15) is 26.3 Å². The maximum absolute atomic E-state index is 13.3. The Kier molecular flexibility index (Phi) is 7.61. The second-order valence-corrected chi connectivity index (χ2v) is 6.98. The average molecular weight is 449 g/mol. The second kappa shape index (κ2) is 9.61. The summed E-state index contributed by atoms with van der Waals surface area (Å²) in [4.78, 5) is 0. The van der Waals surface area contributed by atoms with Crippen molar-refractivity contribution in [3.63, 3.8) is 0 Å². The second-order valence-electron chi connectivity index (χ2n) is 6.98. The molecule has 169 valence electrons. The Morgan fingerprint density at radius 1 is 0.645 bits per heavy atom. The van der Waals surface area contributed by atoms with Gasteiger partial charge in [0.2, 0.25) is 0 Å². The summed E-state index contributed by atoms with van der Waals surface area (Å²) in [6.07, 6.45) is -10.3. The highest BCUT2D eigenvalue weighted by atomic mass is 19.4. The van der Waals surface area contributed by atoms with E-state index in [0.717, 1.165) is 24.3 Å². The fourth-order valence-corrected chi connectivity index (χ4v) is 2.49. The predicted octanol–water partition coefficient (Wildman–Crippen LogP) is 6.29. The van der Waals surface area contributed by atoms with E-state index < -0.39 is 35.0 Å². The lowest BCUT2D eigenvalue weighted by atomic mass is 10.1. The molecule has 2 rings (SSSR count). The van der Waals surface area contributed by atoms with E-state index in [-0.39, 0.29) is 23.7 Å². The van der Waals surface area contributed by atoms with Crippen molar-refractivity contribution in [1.82, 2.24) is 0 Å². The first-order valence-electron chi connectivity index (χ1n) is 9.18. The molecule has 0 saturated carbocycles. The minimum Gasteiger partial charge on any atom is -0.526 e. The van der Waals surface area contributed by atoms with Crippen molar-refractivity contribution < 1.29 is 45.1 Å². The molecular weight excluding hydrogens is 429 g/mol. The number of rotatable bonds is 8. The first-order valence-corrected chi connectivity index (χ1v) is 9.18. The topological polar surface area (TPSA) is 36.9 Å². The highest BCUT2D eigenvalue weighted by Gasteiger charge is 2.37. The summed E-state index contributed by atoms with van der Waals surface area (Å²) in [6, 6.07) is 5.95. The highest BCUT2D eigenvalue weighted by molar-refractivity contribution is 6.20. The molecule has 0 fully saturated rings. The molecule has 0 heterocycles. The molecule has 0 bridgehead atoms. The van der Waals surface area contributed by atoms with Crippen LogP contribution in [-0.2, 0) is 12.4 Å². The standard InChI is InChI=1S/C20H20BF6O4/c1-11(2)28-13-5-7-17(15(9-13)19(22,23)24)30-21-31-18-8-6-14(29-12(3)4)10-16(18)20(25,26)27/h5-12H,1-4H3. The molecule has 4 nitrogen and oxygen atoms in total. The normalized spacial score (nSPS) is 12.1. The van der Waals surface area contributed by atoms with Crippen LogP contribution < -0.4 is 18.8 Å². The molecule has 11 heteroatoms. The molecule has 31 heavy (non-hydrogen) atoms. The third-order valence-electron chi connectivity index (χ3n) is 3.61. The van der Waals surface area contributed by atoms with Crippen molar-refractivity contribution in [1.29, 1.82) is 0 Å². The molecule has 2 aromatic carbocycles. The van der Waals surface area contributed by atoms with Crippen LogP contribution in [0.5, 0.6) is 23.0 Å². The van der Waals surface area contributed by atoms with Gasteiger partial charge in [0.1, 0.15) is 23.0 Å². The number of alkyl halides is 6. The highest BCUT2D eigenvalue weighted by Crippen LogP contribution is 2.40. The van der Waals surface area contributed by atoms with Crippen LogP contribution in [0.25, 0.3) is 0 Å². The van der Waals surface area contributed by atoms with E-state index >= 15 is 0 Å². The first-order chi connectivity index (χ1) is 14.3. The number of halogens is 6. The van der Waals surface area contributed by atoms with E-state index in [9.17, 15) is 26.3 Å². The maximum Gasteiger partial charge on any atom is 0.658 e. The zero-order chi connectivity index (χ0) is 23.4. The fraction of sp³-hybridized carbons (Fsp3) is 0.400. The zero-order valence-corrected chi connectivity index (χ0v) is 17.1. The molecule has 2 aromatic rings. The lowest BCUT2D eigenvalue weighted by molar-refractivity contribution is -0.139. The van der Waals surface area contributed by atoms with Crippen LogP contribution in [0.2, 0.25) is 0 Å². The Labute approximate surface area is 176 Å². The molecule has 0 amide bonds. The minimum absolute atomic E-state index is 0.0318. The van der Waals surface area contributed by atoms with Crippen molar-refractivity contribution >= 4 is 7.69 Å². The van der Waals surface area contributed by atoms with Gasteiger partial charge in [-0.15, -0.1) is 0 Å². The smallest absolute Gasteiger partial charge is 0.526 e. The maximum atomic E-state index is 13.3. The molecule has 0 aliphatic heterocycles. The monoisotopic (exact) mass is 449 g/mol. The average Bonchev–Trinajstić information content (AvgIpc) is 2.61. The molecule has 1 radical (unpaired) electrons. The van der Waals surface area contributed by atoms with Crippen molar-refractivity contribution in [2.24, 2.45) is 0 Å². The summed E-state index contributed by atoms with van der Waals surface area (Å²) in [5.74, 6) is -1.37. The van der Waals surface area contributed by atoms with Crippen LogP contribution in [-0.4, -0.2) is 19.9 Å². The molecule has 0 atom stereocenters. The number of benzene rings is 2. The molecule has 0 aliphatic rings. The van der Waals surface area contributed by atoms with E-state index in [4.69, 9.17) is 18.8 Å². The molecule has 0 aliphatic carbocycles. The van der Waals surface area contributed by atoms with E-state index in [1.807, 2.05) is 0 Å². The summed E-state index contributed by atoms with van der Waals surface area (Å²) < 4.78 is 100. The molecule has 0 spiro atoms. The summed E-state index contributed by atoms with van der Waals surface area (Å²) in [5, 5.41) is 0. The van der Waals surface area contributed by atoms with Crippen LogP contribution in [0.4, 0.5) is 26.3 Å². The van der Waals surface area contributed by atoms with Crippen LogP contribution >= 0.6 is 0 Å². The Bertz CT molecular complexity index is 809. The molecule has 0 saturated heterocycles. The summed E-state index contributed by atoms with van der Waals surface area (Å²) >= 11 is 0. The lowest BCUT2D eigenvalue weighted by Gasteiger charge is -2.18. The Balaban J connectivity index is 2.21. The van der Waals surface area contributed by atoms with Crippen molar-refractivity contribution in [3.05, 3.63) is 47.5 Å². The summed E-state index contributed by atoms with van der Waals surface area (Å²) in [6.45, 7) is 6.59. The lowest BCUT2D eigenvalue weighted by Crippen LogP contribution is -2.18. The van der Waals surface area contributed by atoms with Gasteiger partial charge in [-0.05, 0) is 64.1 Å². The molecule has 0 unspecified atom stereocenters. The van der Waals surface area contributed by atoms with Crippen LogP contribution in [0.15, 0.2) is 36.4 Å². The Hall–Kier alpha value is -2.72. The van der Waals surface area contributed by atoms with Gasteiger partial charge in [0, 0.05) is 0 Å². The van der Waals surface area contributed by atoms with Crippen molar-refractivity contribution in [3.8, 4) is 23.0 Å². The predicted molar refractivity (Wildman–Crippen MR) is 101 cm³/mol. The number of hydrogen-bond donors (Lipinski definition) is 0. The van der Waals surface area contributed by atoms with Crippen LogP contribution in [0, 0.1) is 0 Å². The van der Waals surface area contributed by atoms with Gasteiger partial charge in [-0.25, -0.2) is 0 Å². The minimum atomic E-state index is -4.79. The van der Waals surface area contributed by atoms with Gasteiger partial charge in [0.25, 0.3) is 0 Å². The van der Waals surface area contributed by atoms with Gasteiger partial charge in [-0.1, -0.05) is 0 Å². The molecular formula is C20H20BF6O4. The van der Waals surface area contributed by atoms with Gasteiger partial charge in [0.05, 0.1) is 23.3 Å².